The first-order valence-electron chi connectivity index (χ1n) is 7.92. The van der Waals surface area contributed by atoms with E-state index in [2.05, 4.69) is 0 Å². The van der Waals surface area contributed by atoms with E-state index in [1.165, 1.54) is 0 Å². The number of halogens is 2. The lowest BCUT2D eigenvalue weighted by Crippen LogP contribution is -2.54. The maximum absolute atomic E-state index is 13.1. The third kappa shape index (κ3) is 2.94. The number of piperidine rings is 1. The topological polar surface area (TPSA) is 57.6 Å². The highest BCUT2D eigenvalue weighted by Crippen LogP contribution is 2.46. The Labute approximate surface area is 145 Å². The zero-order chi connectivity index (χ0) is 16.6. The molecule has 0 bridgehead atoms. The van der Waals surface area contributed by atoms with Crippen molar-refractivity contribution in [2.45, 2.75) is 37.5 Å². The average Bonchev–Trinajstić information content (AvgIpc) is 2.49. The second-order valence-corrected chi connectivity index (χ2v) is 7.31. The van der Waals surface area contributed by atoms with E-state index in [1.807, 2.05) is 6.07 Å². The van der Waals surface area contributed by atoms with Gasteiger partial charge in [0.15, 0.2) is 0 Å². The van der Waals surface area contributed by atoms with E-state index in [9.17, 15) is 14.7 Å². The van der Waals surface area contributed by atoms with Crippen LogP contribution in [-0.4, -0.2) is 35.0 Å². The van der Waals surface area contributed by atoms with Gasteiger partial charge < -0.3 is 10.0 Å². The number of carboxylic acid groups (broad SMARTS) is 1. The van der Waals surface area contributed by atoms with Crippen LogP contribution in [0.2, 0.25) is 10.0 Å². The largest absolute Gasteiger partial charge is 0.481 e. The van der Waals surface area contributed by atoms with Crippen molar-refractivity contribution >= 4 is 35.1 Å². The number of carbonyl (C=O) groups is 2. The minimum atomic E-state index is -0.820. The number of rotatable bonds is 3. The van der Waals surface area contributed by atoms with Gasteiger partial charge in [-0.1, -0.05) is 35.7 Å². The molecule has 1 N–H and O–H groups in total. The number of carboxylic acids is 1. The maximum atomic E-state index is 13.1. The molecule has 6 heteroatoms. The number of likely N-dealkylation sites (tertiary alicyclic amines) is 1. The summed E-state index contributed by atoms with van der Waals surface area (Å²) in [4.78, 5) is 26.1. The Morgan fingerprint density at radius 2 is 1.91 bits per heavy atom. The fraction of sp³-hybridized carbons (Fsp3) is 0.529. The van der Waals surface area contributed by atoms with Crippen LogP contribution in [0.3, 0.4) is 0 Å². The van der Waals surface area contributed by atoms with Gasteiger partial charge >= 0.3 is 5.97 Å². The van der Waals surface area contributed by atoms with Crippen LogP contribution in [-0.2, 0) is 15.0 Å². The highest BCUT2D eigenvalue weighted by Gasteiger charge is 2.48. The first-order valence-corrected chi connectivity index (χ1v) is 8.67. The Bertz CT molecular complexity index is 643. The monoisotopic (exact) mass is 355 g/mol. The third-order valence-electron chi connectivity index (χ3n) is 5.15. The van der Waals surface area contributed by atoms with Gasteiger partial charge in [0.2, 0.25) is 5.91 Å². The number of benzene rings is 1. The van der Waals surface area contributed by atoms with Crippen molar-refractivity contribution in [1.29, 1.82) is 0 Å². The number of hydrogen-bond donors (Lipinski definition) is 1. The SMILES string of the molecule is O=C(O)C1CCCN(C(=O)C2(c3ccc(Cl)c(Cl)c3)CCC2)C1. The fourth-order valence-corrected chi connectivity index (χ4v) is 3.91. The van der Waals surface area contributed by atoms with Crippen molar-refractivity contribution in [3.05, 3.63) is 33.8 Å². The highest BCUT2D eigenvalue weighted by molar-refractivity contribution is 6.42. The quantitative estimate of drug-likeness (QED) is 0.898. The van der Waals surface area contributed by atoms with E-state index in [4.69, 9.17) is 23.2 Å². The normalized spacial score (nSPS) is 23.2. The van der Waals surface area contributed by atoms with Crippen LogP contribution in [0.4, 0.5) is 0 Å². The van der Waals surface area contributed by atoms with E-state index in [0.29, 0.717) is 29.6 Å². The van der Waals surface area contributed by atoms with Crippen molar-refractivity contribution in [2.75, 3.05) is 13.1 Å². The third-order valence-corrected chi connectivity index (χ3v) is 5.89. The smallest absolute Gasteiger partial charge is 0.308 e. The van der Waals surface area contributed by atoms with E-state index in [-0.39, 0.29) is 5.91 Å². The molecular formula is C17H19Cl2NO3. The van der Waals surface area contributed by atoms with Crippen molar-refractivity contribution in [2.24, 2.45) is 5.92 Å². The van der Waals surface area contributed by atoms with E-state index in [1.54, 1.807) is 17.0 Å². The van der Waals surface area contributed by atoms with Crippen molar-refractivity contribution in [3.8, 4) is 0 Å². The summed E-state index contributed by atoms with van der Waals surface area (Å²) in [6.07, 6.45) is 3.91. The summed E-state index contributed by atoms with van der Waals surface area (Å²) in [6.45, 7) is 0.933. The first kappa shape index (κ1) is 16.6. The molecule has 1 unspecified atom stereocenters. The second kappa shape index (κ2) is 6.33. The van der Waals surface area contributed by atoms with Gasteiger partial charge in [0.05, 0.1) is 21.4 Å². The van der Waals surface area contributed by atoms with Crippen LogP contribution in [0.1, 0.15) is 37.7 Å². The molecule has 0 spiro atoms. The highest BCUT2D eigenvalue weighted by atomic mass is 35.5. The molecule has 0 aromatic heterocycles. The van der Waals surface area contributed by atoms with Crippen LogP contribution in [0, 0.1) is 5.92 Å². The molecule has 1 aromatic rings. The maximum Gasteiger partial charge on any atom is 0.308 e. The van der Waals surface area contributed by atoms with E-state index >= 15 is 0 Å². The van der Waals surface area contributed by atoms with E-state index < -0.39 is 17.3 Å². The standard InChI is InChI=1S/C17H19Cl2NO3/c18-13-5-4-12(9-14(13)19)17(6-2-7-17)16(23)20-8-1-3-11(10-20)15(21)22/h4-5,9,11H,1-3,6-8,10H2,(H,21,22). The summed E-state index contributed by atoms with van der Waals surface area (Å²) >= 11 is 12.1. The van der Waals surface area contributed by atoms with Crippen molar-refractivity contribution < 1.29 is 14.7 Å². The van der Waals surface area contributed by atoms with Gasteiger partial charge in [0.25, 0.3) is 0 Å². The van der Waals surface area contributed by atoms with Crippen LogP contribution in [0.5, 0.6) is 0 Å². The Hall–Kier alpha value is -1.26. The Morgan fingerprint density at radius 1 is 1.17 bits per heavy atom. The molecule has 1 saturated heterocycles. The summed E-state index contributed by atoms with van der Waals surface area (Å²) in [5, 5.41) is 10.1. The van der Waals surface area contributed by atoms with Crippen molar-refractivity contribution in [1.82, 2.24) is 4.90 Å². The van der Waals surface area contributed by atoms with Gasteiger partial charge in [-0.3, -0.25) is 9.59 Å². The molecule has 1 saturated carbocycles. The molecule has 23 heavy (non-hydrogen) atoms. The molecule has 1 amide bonds. The molecule has 3 rings (SSSR count). The van der Waals surface area contributed by atoms with Crippen molar-refractivity contribution in [3.63, 3.8) is 0 Å². The zero-order valence-electron chi connectivity index (χ0n) is 12.7. The summed E-state index contributed by atoms with van der Waals surface area (Å²) < 4.78 is 0. The summed E-state index contributed by atoms with van der Waals surface area (Å²) in [7, 11) is 0. The first-order chi connectivity index (χ1) is 10.9. The fourth-order valence-electron chi connectivity index (χ4n) is 3.62. The lowest BCUT2D eigenvalue weighted by molar-refractivity contribution is -0.149. The average molecular weight is 356 g/mol. The summed E-state index contributed by atoms with van der Waals surface area (Å²) in [6, 6.07) is 5.37. The van der Waals surface area contributed by atoms with Gasteiger partial charge in [-0.05, 0) is 43.4 Å². The molecule has 124 valence electrons. The van der Waals surface area contributed by atoms with Gasteiger partial charge in [-0.25, -0.2) is 0 Å². The molecule has 1 heterocycles. The van der Waals surface area contributed by atoms with Gasteiger partial charge in [0.1, 0.15) is 0 Å². The number of nitrogens with zero attached hydrogens (tertiary/aromatic N) is 1. The lowest BCUT2D eigenvalue weighted by atomic mass is 9.63. The minimum absolute atomic E-state index is 0.0353. The molecule has 1 aliphatic heterocycles. The summed E-state index contributed by atoms with van der Waals surface area (Å²) in [5.74, 6) is -1.24. The summed E-state index contributed by atoms with van der Waals surface area (Å²) in [5.41, 5.74) is 0.329. The van der Waals surface area contributed by atoms with Gasteiger partial charge in [0, 0.05) is 13.1 Å². The predicted octanol–water partition coefficient (Wildman–Crippen LogP) is 3.74. The lowest BCUT2D eigenvalue weighted by Gasteiger charge is -2.45. The van der Waals surface area contributed by atoms with Gasteiger partial charge in [-0.15, -0.1) is 0 Å². The molecule has 1 aliphatic carbocycles. The Morgan fingerprint density at radius 3 is 2.48 bits per heavy atom. The number of amides is 1. The molecular weight excluding hydrogens is 337 g/mol. The van der Waals surface area contributed by atoms with E-state index in [0.717, 1.165) is 31.2 Å². The molecule has 2 fully saturated rings. The molecule has 2 aliphatic rings. The van der Waals surface area contributed by atoms with Crippen LogP contribution in [0.15, 0.2) is 18.2 Å². The predicted molar refractivity (Wildman–Crippen MR) is 88.9 cm³/mol. The van der Waals surface area contributed by atoms with Crippen LogP contribution < -0.4 is 0 Å². The minimum Gasteiger partial charge on any atom is -0.481 e. The number of hydrogen-bond acceptors (Lipinski definition) is 2. The molecule has 1 atom stereocenters. The Balaban J connectivity index is 1.86. The zero-order valence-corrected chi connectivity index (χ0v) is 14.2. The molecule has 4 nitrogen and oxygen atoms in total. The second-order valence-electron chi connectivity index (χ2n) is 6.49. The molecule has 1 aromatic carbocycles. The molecule has 0 radical (unpaired) electrons. The number of carbonyl (C=O) groups excluding carboxylic acids is 1. The Kier molecular flexibility index (Phi) is 4.56. The van der Waals surface area contributed by atoms with Crippen LogP contribution >= 0.6 is 23.2 Å². The number of aliphatic carboxylic acids is 1. The van der Waals surface area contributed by atoms with Gasteiger partial charge in [-0.2, -0.15) is 0 Å². The van der Waals surface area contributed by atoms with Crippen LogP contribution in [0.25, 0.3) is 0 Å².